The van der Waals surface area contributed by atoms with E-state index in [1.165, 1.54) is 17.4 Å². The first kappa shape index (κ1) is 20.7. The fourth-order valence-electron chi connectivity index (χ4n) is 1.58. The zero-order chi connectivity index (χ0) is 17.9. The van der Waals surface area contributed by atoms with E-state index in [9.17, 15) is 10.1 Å². The standard InChI is InChI=1S/C10H5Br2NO2S.C4HBr3S/c11-8-5-9(16-10(8)12)6-2-1-3-7(4-6)13(14)15;5-2-1-3(6)8-4(2)7/h1-5H;1H. The van der Waals surface area contributed by atoms with Crippen LogP contribution in [0.25, 0.3) is 10.4 Å². The van der Waals surface area contributed by atoms with Crippen molar-refractivity contribution in [2.24, 2.45) is 0 Å². The summed E-state index contributed by atoms with van der Waals surface area (Å²) < 4.78 is 5.31. The number of benzene rings is 1. The van der Waals surface area contributed by atoms with Gasteiger partial charge in [-0.05, 0) is 97.3 Å². The summed E-state index contributed by atoms with van der Waals surface area (Å²) in [5, 5.41) is 10.6. The van der Waals surface area contributed by atoms with Crippen LogP contribution in [-0.2, 0) is 0 Å². The van der Waals surface area contributed by atoms with E-state index in [-0.39, 0.29) is 10.6 Å². The van der Waals surface area contributed by atoms with Gasteiger partial charge >= 0.3 is 0 Å². The third kappa shape index (κ3) is 5.72. The van der Waals surface area contributed by atoms with Crippen LogP contribution in [-0.4, -0.2) is 4.92 Å². The van der Waals surface area contributed by atoms with Crippen molar-refractivity contribution in [3.05, 3.63) is 66.8 Å². The molecule has 3 rings (SSSR count). The number of hydrogen-bond acceptors (Lipinski definition) is 4. The van der Waals surface area contributed by atoms with Crippen LogP contribution in [0.4, 0.5) is 5.69 Å². The van der Waals surface area contributed by atoms with E-state index in [1.54, 1.807) is 23.5 Å². The minimum Gasteiger partial charge on any atom is -0.258 e. The Hall–Kier alpha value is 0.420. The minimum absolute atomic E-state index is 0.109. The average molecular weight is 684 g/mol. The maximum atomic E-state index is 10.6. The molecule has 0 fully saturated rings. The number of halogens is 5. The summed E-state index contributed by atoms with van der Waals surface area (Å²) in [6, 6.07) is 10.6. The molecule has 1 aromatic carbocycles. The Bertz CT molecular complexity index is 839. The van der Waals surface area contributed by atoms with Gasteiger partial charge in [-0.15, -0.1) is 22.7 Å². The van der Waals surface area contributed by atoms with E-state index in [0.717, 1.165) is 30.7 Å². The van der Waals surface area contributed by atoms with E-state index >= 15 is 0 Å². The molecule has 0 radical (unpaired) electrons. The molecule has 0 aliphatic rings. The molecule has 0 aliphatic carbocycles. The van der Waals surface area contributed by atoms with E-state index in [1.807, 2.05) is 18.2 Å². The SMILES string of the molecule is Brc1cc(Br)c(Br)s1.O=[N+]([O-])c1cccc(-c2cc(Br)c(Br)s2)c1. The number of rotatable bonds is 2. The van der Waals surface area contributed by atoms with Crippen molar-refractivity contribution < 1.29 is 4.92 Å². The average Bonchev–Trinajstić information content (AvgIpc) is 3.01. The molecule has 126 valence electrons. The van der Waals surface area contributed by atoms with Gasteiger partial charge < -0.3 is 0 Å². The van der Waals surface area contributed by atoms with Crippen molar-refractivity contribution in [3.8, 4) is 10.4 Å². The molecule has 0 spiro atoms. The van der Waals surface area contributed by atoms with Crippen molar-refractivity contribution in [2.45, 2.75) is 0 Å². The second kappa shape index (κ2) is 9.38. The van der Waals surface area contributed by atoms with Crippen LogP contribution in [0.3, 0.4) is 0 Å². The topological polar surface area (TPSA) is 43.1 Å². The zero-order valence-corrected chi connectivity index (χ0v) is 21.0. The lowest BCUT2D eigenvalue weighted by Crippen LogP contribution is -1.87. The summed E-state index contributed by atoms with van der Waals surface area (Å²) >= 11 is 20.0. The van der Waals surface area contributed by atoms with Crippen LogP contribution in [0.5, 0.6) is 0 Å². The lowest BCUT2D eigenvalue weighted by Gasteiger charge is -1.96. The Kier molecular flexibility index (Phi) is 8.10. The van der Waals surface area contributed by atoms with E-state index in [0.29, 0.717) is 0 Å². The molecule has 0 aliphatic heterocycles. The fraction of sp³-hybridized carbons (Fsp3) is 0. The molecule has 0 N–H and O–H groups in total. The van der Waals surface area contributed by atoms with Crippen molar-refractivity contribution in [3.63, 3.8) is 0 Å². The molecule has 0 bridgehead atoms. The maximum Gasteiger partial charge on any atom is 0.270 e. The maximum absolute atomic E-state index is 10.6. The highest BCUT2D eigenvalue weighted by atomic mass is 79.9. The van der Waals surface area contributed by atoms with Crippen molar-refractivity contribution in [2.75, 3.05) is 0 Å². The lowest BCUT2D eigenvalue weighted by molar-refractivity contribution is -0.384. The van der Waals surface area contributed by atoms with Gasteiger partial charge in [0.05, 0.1) is 16.3 Å². The highest BCUT2D eigenvalue weighted by molar-refractivity contribution is 9.14. The molecular weight excluding hydrogens is 678 g/mol. The number of non-ortho nitro benzene ring substituents is 1. The highest BCUT2D eigenvalue weighted by Gasteiger charge is 2.10. The Morgan fingerprint density at radius 1 is 0.875 bits per heavy atom. The Morgan fingerprint density at radius 3 is 1.92 bits per heavy atom. The molecule has 3 nitrogen and oxygen atoms in total. The molecule has 0 unspecified atom stereocenters. The Labute approximate surface area is 188 Å². The minimum atomic E-state index is -0.388. The summed E-state index contributed by atoms with van der Waals surface area (Å²) in [5.41, 5.74) is 0.962. The van der Waals surface area contributed by atoms with Crippen LogP contribution < -0.4 is 0 Å². The van der Waals surface area contributed by atoms with E-state index < -0.39 is 0 Å². The number of nitro benzene ring substituents is 1. The molecule has 3 aromatic rings. The summed E-state index contributed by atoms with van der Waals surface area (Å²) in [7, 11) is 0. The van der Waals surface area contributed by atoms with Crippen molar-refractivity contribution in [1.82, 2.24) is 0 Å². The summed E-state index contributed by atoms with van der Waals surface area (Å²) in [6.07, 6.45) is 0. The normalized spacial score (nSPS) is 10.2. The van der Waals surface area contributed by atoms with Gasteiger partial charge in [-0.1, -0.05) is 12.1 Å². The van der Waals surface area contributed by atoms with Gasteiger partial charge in [-0.3, -0.25) is 10.1 Å². The van der Waals surface area contributed by atoms with Gasteiger partial charge in [0.25, 0.3) is 5.69 Å². The van der Waals surface area contributed by atoms with E-state index in [4.69, 9.17) is 0 Å². The largest absolute Gasteiger partial charge is 0.270 e. The third-order valence-corrected chi connectivity index (χ3v) is 9.67. The first-order valence-corrected chi connectivity index (χ1v) is 11.7. The first-order chi connectivity index (χ1) is 11.3. The van der Waals surface area contributed by atoms with Crippen LogP contribution in [0.15, 0.2) is 56.7 Å². The van der Waals surface area contributed by atoms with Gasteiger partial charge in [0.15, 0.2) is 0 Å². The van der Waals surface area contributed by atoms with Gasteiger partial charge in [0.1, 0.15) is 0 Å². The monoisotopic (exact) mass is 679 g/mol. The van der Waals surface area contributed by atoms with Gasteiger partial charge in [-0.25, -0.2) is 0 Å². The molecule has 2 aromatic heterocycles. The Morgan fingerprint density at radius 2 is 1.50 bits per heavy atom. The van der Waals surface area contributed by atoms with Crippen molar-refractivity contribution in [1.29, 1.82) is 0 Å². The molecule has 0 amide bonds. The van der Waals surface area contributed by atoms with Crippen LogP contribution >= 0.6 is 102 Å². The second-order valence-corrected chi connectivity index (χ2v) is 12.0. The predicted molar refractivity (Wildman–Crippen MR) is 119 cm³/mol. The molecular formula is C14H6Br5NO2S2. The number of hydrogen-bond donors (Lipinski definition) is 0. The smallest absolute Gasteiger partial charge is 0.258 e. The van der Waals surface area contributed by atoms with Crippen LogP contribution in [0.1, 0.15) is 0 Å². The molecule has 0 saturated heterocycles. The summed E-state index contributed by atoms with van der Waals surface area (Å²) in [5.74, 6) is 0. The van der Waals surface area contributed by atoms with Gasteiger partial charge in [-0.2, -0.15) is 0 Å². The molecule has 24 heavy (non-hydrogen) atoms. The number of nitro groups is 1. The van der Waals surface area contributed by atoms with E-state index in [2.05, 4.69) is 79.6 Å². The van der Waals surface area contributed by atoms with Gasteiger partial charge in [0, 0.05) is 26.0 Å². The number of nitrogens with zero attached hydrogens (tertiary/aromatic N) is 1. The summed E-state index contributed by atoms with van der Waals surface area (Å²) in [6.45, 7) is 0. The third-order valence-electron chi connectivity index (χ3n) is 2.60. The second-order valence-electron chi connectivity index (χ2n) is 4.21. The molecule has 0 atom stereocenters. The molecule has 2 heterocycles. The van der Waals surface area contributed by atoms with Crippen LogP contribution in [0, 0.1) is 10.1 Å². The molecule has 0 saturated carbocycles. The highest BCUT2D eigenvalue weighted by Crippen LogP contribution is 2.39. The zero-order valence-electron chi connectivity index (χ0n) is 11.4. The van der Waals surface area contributed by atoms with Crippen molar-refractivity contribution >= 4 is 108 Å². The first-order valence-electron chi connectivity index (χ1n) is 6.08. The quantitative estimate of drug-likeness (QED) is 0.200. The lowest BCUT2D eigenvalue weighted by atomic mass is 10.2. The predicted octanol–water partition coefficient (Wildman–Crippen LogP) is 8.88. The summed E-state index contributed by atoms with van der Waals surface area (Å²) in [4.78, 5) is 11.2. The van der Waals surface area contributed by atoms with Crippen LogP contribution in [0.2, 0.25) is 0 Å². The van der Waals surface area contributed by atoms with Gasteiger partial charge in [0.2, 0.25) is 0 Å². The molecule has 10 heteroatoms. The number of thiophene rings is 2. The Balaban J connectivity index is 0.000000219. The fourth-order valence-corrected chi connectivity index (χ4v) is 7.05.